The van der Waals surface area contributed by atoms with Crippen LogP contribution in [0.4, 0.5) is 0 Å². The Hall–Kier alpha value is -1.09. The van der Waals surface area contributed by atoms with Crippen LogP contribution in [0.2, 0.25) is 0 Å². The molecule has 0 spiro atoms. The van der Waals surface area contributed by atoms with Gasteiger partial charge in [0.05, 0.1) is 6.04 Å². The Bertz CT molecular complexity index is 353. The number of nitrogens with one attached hydrogen (secondary N) is 2. The van der Waals surface area contributed by atoms with Gasteiger partial charge in [-0.05, 0) is 30.4 Å². The molecule has 1 heterocycles. The summed E-state index contributed by atoms with van der Waals surface area (Å²) in [6.45, 7) is 4.43. The minimum atomic E-state index is 0.390. The van der Waals surface area contributed by atoms with Crippen molar-refractivity contribution in [1.29, 1.82) is 0 Å². The second-order valence-corrected chi connectivity index (χ2v) is 4.60. The Labute approximate surface area is 95.3 Å². The number of rotatable bonds is 2. The molecule has 2 aliphatic rings. The van der Waals surface area contributed by atoms with E-state index in [0.717, 1.165) is 5.82 Å². The number of allylic oxidation sites excluding steroid dienone is 4. The SMILES string of the molecule is CC1=CC=CC(NC2=CC=CSN2)C1C. The average Bonchev–Trinajstić information content (AvgIpc) is 2.26. The highest BCUT2D eigenvalue weighted by Crippen LogP contribution is 2.21. The fourth-order valence-corrected chi connectivity index (χ4v) is 2.14. The quantitative estimate of drug-likeness (QED) is 0.700. The van der Waals surface area contributed by atoms with Crippen LogP contribution in [-0.2, 0) is 0 Å². The molecule has 2 N–H and O–H groups in total. The average molecular weight is 220 g/mol. The predicted octanol–water partition coefficient (Wildman–Crippen LogP) is 2.70. The Balaban J connectivity index is 2.01. The van der Waals surface area contributed by atoms with Crippen LogP contribution in [0, 0.1) is 5.92 Å². The third-order valence-corrected chi connectivity index (χ3v) is 3.47. The van der Waals surface area contributed by atoms with E-state index in [1.165, 1.54) is 5.57 Å². The molecular weight excluding hydrogens is 204 g/mol. The van der Waals surface area contributed by atoms with Crippen LogP contribution in [0.15, 0.2) is 47.2 Å². The van der Waals surface area contributed by atoms with Gasteiger partial charge in [-0.3, -0.25) is 0 Å². The summed E-state index contributed by atoms with van der Waals surface area (Å²) in [5.74, 6) is 1.63. The number of hydrogen-bond acceptors (Lipinski definition) is 3. The fourth-order valence-electron chi connectivity index (χ4n) is 1.67. The molecule has 0 aromatic rings. The fraction of sp³-hybridized carbons (Fsp3) is 0.333. The molecule has 0 saturated heterocycles. The maximum Gasteiger partial charge on any atom is 0.109 e. The van der Waals surface area contributed by atoms with E-state index < -0.39 is 0 Å². The van der Waals surface area contributed by atoms with Gasteiger partial charge in [-0.1, -0.05) is 36.8 Å². The molecule has 0 amide bonds. The van der Waals surface area contributed by atoms with Gasteiger partial charge in [-0.2, -0.15) is 0 Å². The maximum absolute atomic E-state index is 3.49. The van der Waals surface area contributed by atoms with Gasteiger partial charge in [0, 0.05) is 5.92 Å². The lowest BCUT2D eigenvalue weighted by Crippen LogP contribution is -2.37. The lowest BCUT2D eigenvalue weighted by Gasteiger charge is -2.28. The maximum atomic E-state index is 3.49. The third-order valence-electron chi connectivity index (χ3n) is 2.84. The van der Waals surface area contributed by atoms with Gasteiger partial charge in [0.15, 0.2) is 0 Å². The molecule has 3 heteroatoms. The normalized spacial score (nSPS) is 29.2. The third kappa shape index (κ3) is 2.48. The minimum absolute atomic E-state index is 0.390. The summed E-state index contributed by atoms with van der Waals surface area (Å²) in [6, 6.07) is 0.390. The summed E-state index contributed by atoms with van der Waals surface area (Å²) in [7, 11) is 0. The first-order chi connectivity index (χ1) is 7.27. The second-order valence-electron chi connectivity index (χ2n) is 3.88. The molecule has 0 bridgehead atoms. The molecule has 1 aliphatic heterocycles. The van der Waals surface area contributed by atoms with Crippen molar-refractivity contribution < 1.29 is 0 Å². The van der Waals surface area contributed by atoms with Gasteiger partial charge >= 0.3 is 0 Å². The van der Waals surface area contributed by atoms with Gasteiger partial charge in [0.2, 0.25) is 0 Å². The zero-order valence-corrected chi connectivity index (χ0v) is 9.84. The van der Waals surface area contributed by atoms with Gasteiger partial charge in [-0.25, -0.2) is 0 Å². The van der Waals surface area contributed by atoms with Gasteiger partial charge in [0.25, 0.3) is 0 Å². The van der Waals surface area contributed by atoms with Gasteiger partial charge in [-0.15, -0.1) is 0 Å². The summed E-state index contributed by atoms with van der Waals surface area (Å²) >= 11 is 1.59. The van der Waals surface area contributed by atoms with Crippen LogP contribution in [0.1, 0.15) is 13.8 Å². The standard InChI is InChI=1S/C12H16N2S/c1-9-5-3-6-11(10(9)2)13-12-7-4-8-15-14-12/h3-8,10-11,13-14H,1-2H3. The van der Waals surface area contributed by atoms with Crippen LogP contribution < -0.4 is 10.0 Å². The highest BCUT2D eigenvalue weighted by atomic mass is 32.2. The molecule has 2 rings (SSSR count). The van der Waals surface area contributed by atoms with E-state index in [1.807, 2.05) is 11.5 Å². The van der Waals surface area contributed by atoms with E-state index >= 15 is 0 Å². The van der Waals surface area contributed by atoms with E-state index in [2.05, 4.69) is 48.2 Å². The molecule has 15 heavy (non-hydrogen) atoms. The van der Waals surface area contributed by atoms with Crippen molar-refractivity contribution in [2.24, 2.45) is 5.92 Å². The van der Waals surface area contributed by atoms with E-state index in [0.29, 0.717) is 12.0 Å². The van der Waals surface area contributed by atoms with Crippen molar-refractivity contribution in [2.75, 3.05) is 0 Å². The van der Waals surface area contributed by atoms with E-state index in [1.54, 1.807) is 11.9 Å². The molecule has 2 atom stereocenters. The Morgan fingerprint density at radius 1 is 1.33 bits per heavy atom. The van der Waals surface area contributed by atoms with Crippen molar-refractivity contribution in [3.63, 3.8) is 0 Å². The highest BCUT2D eigenvalue weighted by molar-refractivity contribution is 8.00. The zero-order chi connectivity index (χ0) is 10.7. The molecule has 2 nitrogen and oxygen atoms in total. The highest BCUT2D eigenvalue weighted by Gasteiger charge is 2.18. The summed E-state index contributed by atoms with van der Waals surface area (Å²) in [5.41, 5.74) is 1.43. The van der Waals surface area contributed by atoms with Crippen molar-refractivity contribution in [1.82, 2.24) is 10.0 Å². The number of hydrogen-bond donors (Lipinski definition) is 2. The second kappa shape index (κ2) is 4.62. The van der Waals surface area contributed by atoms with Gasteiger partial charge in [0.1, 0.15) is 5.82 Å². The van der Waals surface area contributed by atoms with E-state index in [-0.39, 0.29) is 0 Å². The van der Waals surface area contributed by atoms with Gasteiger partial charge < -0.3 is 10.0 Å². The largest absolute Gasteiger partial charge is 0.364 e. The molecule has 0 saturated carbocycles. The first-order valence-corrected chi connectivity index (χ1v) is 6.05. The monoisotopic (exact) mass is 220 g/mol. The molecule has 0 fully saturated rings. The Morgan fingerprint density at radius 3 is 2.93 bits per heavy atom. The zero-order valence-electron chi connectivity index (χ0n) is 9.03. The molecule has 2 unspecified atom stereocenters. The van der Waals surface area contributed by atoms with Crippen LogP contribution in [0.5, 0.6) is 0 Å². The predicted molar refractivity (Wildman–Crippen MR) is 66.9 cm³/mol. The van der Waals surface area contributed by atoms with Crippen LogP contribution in [0.25, 0.3) is 0 Å². The van der Waals surface area contributed by atoms with E-state index in [4.69, 9.17) is 0 Å². The topological polar surface area (TPSA) is 24.1 Å². The Morgan fingerprint density at radius 2 is 2.20 bits per heavy atom. The summed E-state index contributed by atoms with van der Waals surface area (Å²) in [6.07, 6.45) is 10.6. The van der Waals surface area contributed by atoms with Crippen molar-refractivity contribution in [3.8, 4) is 0 Å². The molecule has 0 aromatic heterocycles. The summed E-state index contributed by atoms with van der Waals surface area (Å²) in [5, 5.41) is 5.51. The van der Waals surface area contributed by atoms with Crippen LogP contribution in [-0.4, -0.2) is 6.04 Å². The molecule has 1 aliphatic carbocycles. The smallest absolute Gasteiger partial charge is 0.109 e. The summed E-state index contributed by atoms with van der Waals surface area (Å²) in [4.78, 5) is 0. The first kappa shape index (κ1) is 10.4. The minimum Gasteiger partial charge on any atom is -0.364 e. The molecule has 0 aromatic carbocycles. The Kier molecular flexibility index (Phi) is 3.21. The first-order valence-electron chi connectivity index (χ1n) is 5.17. The lowest BCUT2D eigenvalue weighted by molar-refractivity contribution is 0.511. The molecule has 0 radical (unpaired) electrons. The molecule has 80 valence electrons. The molecular formula is C12H16N2S. The van der Waals surface area contributed by atoms with Crippen molar-refractivity contribution in [3.05, 3.63) is 47.2 Å². The lowest BCUT2D eigenvalue weighted by atomic mass is 9.90. The van der Waals surface area contributed by atoms with Crippen LogP contribution in [0.3, 0.4) is 0 Å². The van der Waals surface area contributed by atoms with E-state index in [9.17, 15) is 0 Å². The van der Waals surface area contributed by atoms with Crippen LogP contribution >= 0.6 is 11.9 Å². The van der Waals surface area contributed by atoms with Crippen molar-refractivity contribution >= 4 is 11.9 Å². The van der Waals surface area contributed by atoms with Crippen molar-refractivity contribution in [2.45, 2.75) is 19.9 Å². The summed E-state index contributed by atoms with van der Waals surface area (Å²) < 4.78 is 3.23.